The first-order valence-electron chi connectivity index (χ1n) is 12.4. The number of carbonyl (C=O) groups is 1. The standard InChI is InChI=1S/C30H31F2N3O3/c1-18-16-22(14-15-23(18)24-8-6-7-9-25(24)27(31)32)29-33-28(34-38-29)21-12-10-20(11-13-21)19(2)35(17-26(36)37)30(3,4)5/h6-16,19,27H,17H2,1-5H3,(H,36,37)/t19-/m1/s1. The number of rotatable bonds is 8. The number of halogens is 2. The van der Waals surface area contributed by atoms with E-state index in [1.807, 2.05) is 69.9 Å². The van der Waals surface area contributed by atoms with Crippen LogP contribution in [0.3, 0.4) is 0 Å². The molecule has 0 radical (unpaired) electrons. The number of aryl methyl sites for hydroxylation is 1. The number of hydrogen-bond acceptors (Lipinski definition) is 5. The Morgan fingerprint density at radius 1 is 1.00 bits per heavy atom. The van der Waals surface area contributed by atoms with E-state index in [9.17, 15) is 18.7 Å². The zero-order chi connectivity index (χ0) is 27.6. The molecule has 0 saturated heterocycles. The molecule has 38 heavy (non-hydrogen) atoms. The van der Waals surface area contributed by atoms with Crippen molar-refractivity contribution < 1.29 is 23.2 Å². The second kappa shape index (κ2) is 10.8. The first kappa shape index (κ1) is 27.1. The monoisotopic (exact) mass is 519 g/mol. The van der Waals surface area contributed by atoms with Crippen LogP contribution in [0.25, 0.3) is 34.0 Å². The fourth-order valence-corrected chi connectivity index (χ4v) is 4.68. The van der Waals surface area contributed by atoms with Gasteiger partial charge in [0.05, 0.1) is 6.54 Å². The summed E-state index contributed by atoms with van der Waals surface area (Å²) < 4.78 is 32.5. The summed E-state index contributed by atoms with van der Waals surface area (Å²) in [6, 6.07) is 19.5. The molecule has 1 aromatic heterocycles. The number of nitrogens with zero attached hydrogens (tertiary/aromatic N) is 3. The number of aromatic nitrogens is 2. The average Bonchev–Trinajstić information content (AvgIpc) is 3.36. The zero-order valence-electron chi connectivity index (χ0n) is 22.1. The third-order valence-corrected chi connectivity index (χ3v) is 6.67. The molecule has 4 aromatic rings. The summed E-state index contributed by atoms with van der Waals surface area (Å²) in [6.45, 7) is 9.77. The molecule has 1 N–H and O–H groups in total. The van der Waals surface area contributed by atoms with Crippen LogP contribution >= 0.6 is 0 Å². The molecule has 4 rings (SSSR count). The Balaban J connectivity index is 1.56. The summed E-state index contributed by atoms with van der Waals surface area (Å²) in [7, 11) is 0. The minimum atomic E-state index is -2.56. The van der Waals surface area contributed by atoms with Crippen molar-refractivity contribution in [2.75, 3.05) is 6.54 Å². The lowest BCUT2D eigenvalue weighted by molar-refractivity contribution is -0.140. The van der Waals surface area contributed by atoms with Gasteiger partial charge in [-0.15, -0.1) is 0 Å². The third kappa shape index (κ3) is 5.81. The second-order valence-corrected chi connectivity index (χ2v) is 10.3. The van der Waals surface area contributed by atoms with Crippen LogP contribution in [0.15, 0.2) is 71.3 Å². The van der Waals surface area contributed by atoms with Gasteiger partial charge in [-0.3, -0.25) is 9.69 Å². The molecule has 1 atom stereocenters. The van der Waals surface area contributed by atoms with Crippen molar-refractivity contribution in [3.63, 3.8) is 0 Å². The van der Waals surface area contributed by atoms with Gasteiger partial charge in [-0.05, 0) is 69.0 Å². The highest BCUT2D eigenvalue weighted by Gasteiger charge is 2.29. The van der Waals surface area contributed by atoms with Gasteiger partial charge in [-0.1, -0.05) is 59.8 Å². The Labute approximate surface area is 220 Å². The van der Waals surface area contributed by atoms with Crippen LogP contribution in [0, 0.1) is 6.92 Å². The maximum atomic E-state index is 13.5. The highest BCUT2D eigenvalue weighted by Crippen LogP contribution is 2.35. The van der Waals surface area contributed by atoms with Crippen molar-refractivity contribution in [1.82, 2.24) is 15.0 Å². The van der Waals surface area contributed by atoms with Gasteiger partial charge in [0.15, 0.2) is 0 Å². The highest BCUT2D eigenvalue weighted by atomic mass is 19.3. The summed E-state index contributed by atoms with van der Waals surface area (Å²) >= 11 is 0. The smallest absolute Gasteiger partial charge is 0.317 e. The zero-order valence-corrected chi connectivity index (χ0v) is 22.1. The molecule has 0 bridgehead atoms. The topological polar surface area (TPSA) is 79.5 Å². The van der Waals surface area contributed by atoms with E-state index >= 15 is 0 Å². The molecule has 0 aliphatic carbocycles. The van der Waals surface area contributed by atoms with E-state index in [4.69, 9.17) is 4.52 Å². The molecule has 1 heterocycles. The van der Waals surface area contributed by atoms with Gasteiger partial charge >= 0.3 is 5.97 Å². The van der Waals surface area contributed by atoms with E-state index < -0.39 is 12.4 Å². The SMILES string of the molecule is Cc1cc(-c2nc(-c3ccc([C@@H](C)N(CC(=O)O)C(C)(C)C)cc3)no2)ccc1-c1ccccc1C(F)F. The second-order valence-electron chi connectivity index (χ2n) is 10.3. The van der Waals surface area contributed by atoms with Crippen molar-refractivity contribution in [1.29, 1.82) is 0 Å². The molecule has 0 spiro atoms. The molecule has 8 heteroatoms. The molecular weight excluding hydrogens is 488 g/mol. The van der Waals surface area contributed by atoms with E-state index in [2.05, 4.69) is 10.1 Å². The summed E-state index contributed by atoms with van der Waals surface area (Å²) in [5.74, 6) is -0.124. The van der Waals surface area contributed by atoms with Crippen molar-refractivity contribution in [2.45, 2.75) is 52.6 Å². The van der Waals surface area contributed by atoms with Gasteiger partial charge in [0.2, 0.25) is 5.82 Å². The van der Waals surface area contributed by atoms with Crippen LogP contribution in [0.5, 0.6) is 0 Å². The van der Waals surface area contributed by atoms with Crippen LogP contribution in [-0.2, 0) is 4.79 Å². The van der Waals surface area contributed by atoms with Gasteiger partial charge in [0.25, 0.3) is 12.3 Å². The third-order valence-electron chi connectivity index (χ3n) is 6.67. The molecule has 0 aliphatic rings. The van der Waals surface area contributed by atoms with Gasteiger partial charge in [-0.25, -0.2) is 8.78 Å². The Kier molecular flexibility index (Phi) is 7.73. The molecule has 0 unspecified atom stereocenters. The first-order valence-corrected chi connectivity index (χ1v) is 12.4. The summed E-state index contributed by atoms with van der Waals surface area (Å²) in [5.41, 5.74) is 4.14. The van der Waals surface area contributed by atoms with Crippen molar-refractivity contribution in [3.05, 3.63) is 83.4 Å². The average molecular weight is 520 g/mol. The number of alkyl halides is 2. The van der Waals surface area contributed by atoms with Crippen molar-refractivity contribution >= 4 is 5.97 Å². The Morgan fingerprint density at radius 3 is 2.26 bits per heavy atom. The first-order chi connectivity index (χ1) is 18.0. The van der Waals surface area contributed by atoms with Crippen molar-refractivity contribution in [2.24, 2.45) is 0 Å². The predicted molar refractivity (Wildman–Crippen MR) is 143 cm³/mol. The van der Waals surface area contributed by atoms with E-state index in [-0.39, 0.29) is 23.7 Å². The van der Waals surface area contributed by atoms with E-state index in [0.29, 0.717) is 22.8 Å². The maximum Gasteiger partial charge on any atom is 0.317 e. The lowest BCUT2D eigenvalue weighted by atomic mass is 9.94. The fraction of sp³-hybridized carbons (Fsp3) is 0.300. The van der Waals surface area contributed by atoms with Crippen LogP contribution in [-0.4, -0.2) is 38.2 Å². The number of carboxylic acids is 1. The minimum Gasteiger partial charge on any atom is -0.480 e. The number of carboxylic acid groups (broad SMARTS) is 1. The minimum absolute atomic E-state index is 0.00484. The van der Waals surface area contributed by atoms with E-state index in [1.54, 1.807) is 30.3 Å². The lowest BCUT2D eigenvalue weighted by Gasteiger charge is -2.39. The molecule has 0 amide bonds. The van der Waals surface area contributed by atoms with Gasteiger partial charge in [0.1, 0.15) is 0 Å². The molecule has 0 fully saturated rings. The van der Waals surface area contributed by atoms with Crippen LogP contribution in [0.2, 0.25) is 0 Å². The van der Waals surface area contributed by atoms with E-state index in [0.717, 1.165) is 22.3 Å². The number of aliphatic carboxylic acids is 1. The molecule has 0 saturated carbocycles. The Morgan fingerprint density at radius 2 is 1.66 bits per heavy atom. The maximum absolute atomic E-state index is 13.5. The fourth-order valence-electron chi connectivity index (χ4n) is 4.68. The highest BCUT2D eigenvalue weighted by molar-refractivity contribution is 5.74. The van der Waals surface area contributed by atoms with Crippen LogP contribution in [0.1, 0.15) is 56.9 Å². The molecule has 0 aliphatic heterocycles. The summed E-state index contributed by atoms with van der Waals surface area (Å²) in [6.07, 6.45) is -2.56. The number of benzene rings is 3. The van der Waals surface area contributed by atoms with Crippen LogP contribution in [0.4, 0.5) is 8.78 Å². The Bertz CT molecular complexity index is 1430. The normalized spacial score (nSPS) is 12.8. The van der Waals surface area contributed by atoms with Crippen molar-refractivity contribution in [3.8, 4) is 34.0 Å². The van der Waals surface area contributed by atoms with Gasteiger partial charge in [-0.2, -0.15) is 4.98 Å². The predicted octanol–water partition coefficient (Wildman–Crippen LogP) is 7.56. The summed E-state index contributed by atoms with van der Waals surface area (Å²) in [4.78, 5) is 17.9. The molecular formula is C30H31F2N3O3. The largest absolute Gasteiger partial charge is 0.480 e. The van der Waals surface area contributed by atoms with Gasteiger partial charge < -0.3 is 9.63 Å². The lowest BCUT2D eigenvalue weighted by Crippen LogP contribution is -2.45. The number of hydrogen-bond donors (Lipinski definition) is 1. The molecule has 3 aromatic carbocycles. The van der Waals surface area contributed by atoms with Crippen LogP contribution < -0.4 is 0 Å². The summed E-state index contributed by atoms with van der Waals surface area (Å²) in [5, 5.41) is 13.5. The van der Waals surface area contributed by atoms with Gasteiger partial charge in [0, 0.05) is 28.3 Å². The Hall–Kier alpha value is -3.91. The molecule has 198 valence electrons. The molecule has 6 nitrogen and oxygen atoms in total. The quantitative estimate of drug-likeness (QED) is 0.259. The van der Waals surface area contributed by atoms with E-state index in [1.165, 1.54) is 6.07 Å².